The summed E-state index contributed by atoms with van der Waals surface area (Å²) in [4.78, 5) is 26.0. The lowest BCUT2D eigenvalue weighted by Gasteiger charge is -2.23. The van der Waals surface area contributed by atoms with E-state index in [1.165, 1.54) is 16.2 Å². The van der Waals surface area contributed by atoms with Gasteiger partial charge in [-0.05, 0) is 48.9 Å². The van der Waals surface area contributed by atoms with Gasteiger partial charge < -0.3 is 10.1 Å². The number of nitrogens with one attached hydrogen (secondary N) is 1. The van der Waals surface area contributed by atoms with Crippen LogP contribution in [0, 0.1) is 11.3 Å². The number of benzene rings is 1. The molecule has 0 bridgehead atoms. The molecule has 26 heavy (non-hydrogen) atoms. The van der Waals surface area contributed by atoms with Gasteiger partial charge in [-0.1, -0.05) is 17.7 Å². The zero-order valence-electron chi connectivity index (χ0n) is 13.8. The highest BCUT2D eigenvalue weighted by Gasteiger charge is 2.32. The van der Waals surface area contributed by atoms with Crippen molar-refractivity contribution >= 4 is 39.8 Å². The van der Waals surface area contributed by atoms with Gasteiger partial charge in [0, 0.05) is 16.3 Å². The minimum absolute atomic E-state index is 0.289. The molecule has 1 aromatic carbocycles. The Balaban J connectivity index is 1.56. The Labute approximate surface area is 159 Å². The lowest BCUT2D eigenvalue weighted by Crippen LogP contribution is -2.38. The average Bonchev–Trinajstić information content (AvgIpc) is 2.99. The molecule has 2 aliphatic rings. The van der Waals surface area contributed by atoms with Crippen molar-refractivity contribution in [2.45, 2.75) is 38.2 Å². The second-order valence-corrected chi connectivity index (χ2v) is 7.96. The number of rotatable bonds is 2. The second-order valence-electron chi connectivity index (χ2n) is 6.42. The summed E-state index contributed by atoms with van der Waals surface area (Å²) in [5.41, 5.74) is 2.73. The van der Waals surface area contributed by atoms with Gasteiger partial charge in [0.05, 0.1) is 11.1 Å². The highest BCUT2D eigenvalue weighted by molar-refractivity contribution is 7.16. The number of fused-ring (bicyclic) bond motifs is 2. The summed E-state index contributed by atoms with van der Waals surface area (Å²) in [5, 5.41) is 13.3. The van der Waals surface area contributed by atoms with E-state index in [0.29, 0.717) is 21.2 Å². The third-order valence-corrected chi connectivity index (χ3v) is 6.20. The lowest BCUT2D eigenvalue weighted by atomic mass is 9.96. The van der Waals surface area contributed by atoms with Gasteiger partial charge in [-0.25, -0.2) is 4.79 Å². The predicted octanol–water partition coefficient (Wildman–Crippen LogP) is 3.87. The van der Waals surface area contributed by atoms with Crippen LogP contribution in [0.1, 0.15) is 44.8 Å². The maximum atomic E-state index is 12.7. The number of ether oxygens (including phenoxy) is 1. The van der Waals surface area contributed by atoms with Crippen LogP contribution in [0.2, 0.25) is 5.02 Å². The van der Waals surface area contributed by atoms with Gasteiger partial charge in [0.2, 0.25) is 0 Å². The average molecular weight is 387 g/mol. The molecular weight excluding hydrogens is 372 g/mol. The molecule has 0 saturated heterocycles. The Morgan fingerprint density at radius 2 is 2.15 bits per heavy atom. The first-order valence-corrected chi connectivity index (χ1v) is 9.61. The van der Waals surface area contributed by atoms with E-state index >= 15 is 0 Å². The van der Waals surface area contributed by atoms with Crippen molar-refractivity contribution in [2.24, 2.45) is 0 Å². The smallest absolute Gasteiger partial charge is 0.339 e. The molecule has 0 radical (unpaired) electrons. The SMILES string of the molecule is N#Cc1c(NC(=O)[C@@H]2Cc3ccc(Cl)cc3C(=O)O2)sc2c1CCCC2. The molecular formula is C19H15ClN2O3S. The summed E-state index contributed by atoms with van der Waals surface area (Å²) in [6, 6.07) is 7.19. The molecule has 1 amide bonds. The standard InChI is InChI=1S/C19H15ClN2O3S/c20-11-6-5-10-7-15(25-19(24)13(10)8-11)17(23)22-18-14(9-21)12-3-1-2-4-16(12)26-18/h5-6,8,15H,1-4,7H2,(H,22,23)/t15-/m0/s1. The summed E-state index contributed by atoms with van der Waals surface area (Å²) in [7, 11) is 0. The molecule has 1 aliphatic carbocycles. The number of aryl methyl sites for hydroxylation is 1. The summed E-state index contributed by atoms with van der Waals surface area (Å²) >= 11 is 7.37. The summed E-state index contributed by atoms with van der Waals surface area (Å²) in [5.74, 6) is -0.964. The van der Waals surface area contributed by atoms with Gasteiger partial charge >= 0.3 is 5.97 Å². The molecule has 4 rings (SSSR count). The number of carbonyl (C=O) groups is 2. The van der Waals surface area contributed by atoms with Crippen LogP contribution in [0.3, 0.4) is 0 Å². The van der Waals surface area contributed by atoms with Crippen molar-refractivity contribution in [3.63, 3.8) is 0 Å². The molecule has 0 saturated carbocycles. The third kappa shape index (κ3) is 2.98. The van der Waals surface area contributed by atoms with Gasteiger partial charge in [-0.3, -0.25) is 4.79 Å². The molecule has 7 heteroatoms. The van der Waals surface area contributed by atoms with Gasteiger partial charge in [0.1, 0.15) is 11.1 Å². The van der Waals surface area contributed by atoms with E-state index in [9.17, 15) is 14.9 Å². The first-order valence-electron chi connectivity index (χ1n) is 8.41. The zero-order valence-corrected chi connectivity index (χ0v) is 15.4. The maximum Gasteiger partial charge on any atom is 0.339 e. The van der Waals surface area contributed by atoms with Crippen LogP contribution in [-0.2, 0) is 28.8 Å². The molecule has 0 spiro atoms. The van der Waals surface area contributed by atoms with Crippen LogP contribution in [0.5, 0.6) is 0 Å². The molecule has 1 atom stereocenters. The molecule has 0 fully saturated rings. The van der Waals surface area contributed by atoms with E-state index in [4.69, 9.17) is 16.3 Å². The van der Waals surface area contributed by atoms with Crippen molar-refractivity contribution in [1.82, 2.24) is 0 Å². The number of carbonyl (C=O) groups excluding carboxylic acids is 2. The van der Waals surface area contributed by atoms with E-state index in [-0.39, 0.29) is 6.42 Å². The first kappa shape index (κ1) is 17.1. The van der Waals surface area contributed by atoms with Gasteiger partial charge in [0.25, 0.3) is 5.91 Å². The van der Waals surface area contributed by atoms with E-state index in [2.05, 4.69) is 11.4 Å². The summed E-state index contributed by atoms with van der Waals surface area (Å²) in [6.07, 6.45) is 3.35. The fourth-order valence-electron chi connectivity index (χ4n) is 3.46. The predicted molar refractivity (Wildman–Crippen MR) is 98.7 cm³/mol. The fraction of sp³-hybridized carbons (Fsp3) is 0.316. The lowest BCUT2D eigenvalue weighted by molar-refractivity contribution is -0.125. The molecule has 132 valence electrons. The largest absolute Gasteiger partial charge is 0.448 e. The van der Waals surface area contributed by atoms with E-state index in [0.717, 1.165) is 36.8 Å². The minimum atomic E-state index is -0.915. The monoisotopic (exact) mass is 386 g/mol. The number of nitriles is 1. The topological polar surface area (TPSA) is 79.2 Å². The minimum Gasteiger partial charge on any atom is -0.448 e. The van der Waals surface area contributed by atoms with Gasteiger partial charge in [0.15, 0.2) is 6.10 Å². The Morgan fingerprint density at radius 3 is 2.96 bits per heavy atom. The van der Waals surface area contributed by atoms with Crippen molar-refractivity contribution < 1.29 is 14.3 Å². The molecule has 2 aromatic rings. The van der Waals surface area contributed by atoms with E-state index in [1.54, 1.807) is 18.2 Å². The Morgan fingerprint density at radius 1 is 1.35 bits per heavy atom. The summed E-state index contributed by atoms with van der Waals surface area (Å²) in [6.45, 7) is 0. The number of amides is 1. The number of hydrogen-bond donors (Lipinski definition) is 1. The molecule has 1 aliphatic heterocycles. The van der Waals surface area contributed by atoms with Crippen molar-refractivity contribution in [3.8, 4) is 6.07 Å². The quantitative estimate of drug-likeness (QED) is 0.794. The van der Waals surface area contributed by atoms with Crippen molar-refractivity contribution in [2.75, 3.05) is 5.32 Å². The highest BCUT2D eigenvalue weighted by Crippen LogP contribution is 2.38. The maximum absolute atomic E-state index is 12.7. The Kier molecular flexibility index (Phi) is 4.43. The van der Waals surface area contributed by atoms with Gasteiger partial charge in [-0.2, -0.15) is 5.26 Å². The van der Waals surface area contributed by atoms with Crippen molar-refractivity contribution in [3.05, 3.63) is 50.4 Å². The number of thiophene rings is 1. The molecule has 1 N–H and O–H groups in total. The highest BCUT2D eigenvalue weighted by atomic mass is 35.5. The first-order chi connectivity index (χ1) is 12.6. The molecule has 0 unspecified atom stereocenters. The number of halogens is 1. The normalized spacial score (nSPS) is 18.3. The van der Waals surface area contributed by atoms with Crippen LogP contribution in [0.4, 0.5) is 5.00 Å². The number of nitrogens with zero attached hydrogens (tertiary/aromatic N) is 1. The number of hydrogen-bond acceptors (Lipinski definition) is 5. The van der Waals surface area contributed by atoms with Crippen LogP contribution >= 0.6 is 22.9 Å². The third-order valence-electron chi connectivity index (χ3n) is 4.76. The molecule has 2 heterocycles. The van der Waals surface area contributed by atoms with Crippen LogP contribution in [0.25, 0.3) is 0 Å². The summed E-state index contributed by atoms with van der Waals surface area (Å²) < 4.78 is 5.29. The molecule has 5 nitrogen and oxygen atoms in total. The van der Waals surface area contributed by atoms with Gasteiger partial charge in [-0.15, -0.1) is 11.3 Å². The molecule has 1 aromatic heterocycles. The Bertz CT molecular complexity index is 960. The number of anilines is 1. The van der Waals surface area contributed by atoms with Crippen molar-refractivity contribution in [1.29, 1.82) is 5.26 Å². The Hall–Kier alpha value is -2.36. The van der Waals surface area contributed by atoms with E-state index in [1.807, 2.05) is 0 Å². The van der Waals surface area contributed by atoms with Crippen LogP contribution < -0.4 is 5.32 Å². The number of cyclic esters (lactones) is 1. The second kappa shape index (κ2) is 6.75. The van der Waals surface area contributed by atoms with Crippen LogP contribution in [0.15, 0.2) is 18.2 Å². The van der Waals surface area contributed by atoms with Crippen LogP contribution in [-0.4, -0.2) is 18.0 Å². The fourth-order valence-corrected chi connectivity index (χ4v) is 4.88. The van der Waals surface area contributed by atoms with E-state index < -0.39 is 18.0 Å². The zero-order chi connectivity index (χ0) is 18.3. The number of esters is 1.